The molecule has 7 rings (SSSR count). The largest absolute Gasteiger partial charge is 0.309 e. The summed E-state index contributed by atoms with van der Waals surface area (Å²) in [6.45, 7) is 0. The Kier molecular flexibility index (Phi) is 6.13. The van der Waals surface area contributed by atoms with Gasteiger partial charge >= 0.3 is 0 Å². The van der Waals surface area contributed by atoms with Gasteiger partial charge in [0.1, 0.15) is 11.4 Å². The van der Waals surface area contributed by atoms with Gasteiger partial charge in [-0.3, -0.25) is 25.2 Å². The van der Waals surface area contributed by atoms with E-state index in [9.17, 15) is 20.2 Å². The summed E-state index contributed by atoms with van der Waals surface area (Å²) in [5, 5.41) is 25.4. The third-order valence-electron chi connectivity index (χ3n) is 7.42. The average Bonchev–Trinajstić information content (AvgIpc) is 3.38. The van der Waals surface area contributed by atoms with E-state index < -0.39 is 9.85 Å². The highest BCUT2D eigenvalue weighted by Crippen LogP contribution is 2.39. The van der Waals surface area contributed by atoms with E-state index >= 15 is 0 Å². The maximum atomic E-state index is 11.8. The highest BCUT2D eigenvalue weighted by molar-refractivity contribution is 6.11. The van der Waals surface area contributed by atoms with E-state index in [1.807, 2.05) is 72.8 Å². The molecule has 4 heterocycles. The van der Waals surface area contributed by atoms with E-state index in [0.717, 1.165) is 38.6 Å². The number of fused-ring (bicyclic) bond motifs is 3. The molecule has 0 fully saturated rings. The summed E-state index contributed by atoms with van der Waals surface area (Å²) in [5.74, 6) is 0. The zero-order chi connectivity index (χ0) is 29.5. The van der Waals surface area contributed by atoms with Gasteiger partial charge in [0.15, 0.2) is 0 Å². The minimum absolute atomic E-state index is 0.0871. The van der Waals surface area contributed by atoms with Crippen molar-refractivity contribution in [1.29, 1.82) is 0 Å². The zero-order valence-electron chi connectivity index (χ0n) is 22.4. The van der Waals surface area contributed by atoms with Crippen LogP contribution >= 0.6 is 0 Å². The van der Waals surface area contributed by atoms with Crippen LogP contribution < -0.4 is 0 Å². The third-order valence-corrected chi connectivity index (χ3v) is 7.42. The molecule has 10 nitrogen and oxygen atoms in total. The number of hydrogen-bond acceptors (Lipinski definition) is 7. The van der Waals surface area contributed by atoms with Gasteiger partial charge in [0, 0.05) is 64.5 Å². The van der Waals surface area contributed by atoms with Crippen LogP contribution in [-0.2, 0) is 0 Å². The van der Waals surface area contributed by atoms with E-state index in [-0.39, 0.29) is 22.8 Å². The molecule has 0 unspecified atom stereocenters. The van der Waals surface area contributed by atoms with Crippen molar-refractivity contribution < 1.29 is 9.85 Å². The molecule has 10 heteroatoms. The molecule has 0 N–H and O–H groups in total. The van der Waals surface area contributed by atoms with Crippen LogP contribution in [0.2, 0.25) is 0 Å². The van der Waals surface area contributed by atoms with Crippen LogP contribution in [0.3, 0.4) is 0 Å². The Morgan fingerprint density at radius 3 is 1.49 bits per heavy atom. The van der Waals surface area contributed by atoms with Gasteiger partial charge in [-0.25, -0.2) is 9.97 Å². The van der Waals surface area contributed by atoms with Crippen LogP contribution in [0.5, 0.6) is 0 Å². The third kappa shape index (κ3) is 4.43. The first kappa shape index (κ1) is 25.7. The second kappa shape index (κ2) is 10.3. The monoisotopic (exact) mass is 564 g/mol. The molecule has 4 aromatic heterocycles. The Bertz CT molecular complexity index is 2080. The smallest absolute Gasteiger partial charge is 0.295 e. The molecular formula is C33H20N6O4. The van der Waals surface area contributed by atoms with Crippen molar-refractivity contribution in [3.05, 3.63) is 142 Å². The van der Waals surface area contributed by atoms with E-state index in [1.165, 1.54) is 24.5 Å². The number of nitro groups is 2. The highest BCUT2D eigenvalue weighted by Gasteiger charge is 2.21. The first-order chi connectivity index (χ1) is 21.0. The van der Waals surface area contributed by atoms with Crippen LogP contribution in [-0.4, -0.2) is 29.4 Å². The normalized spacial score (nSPS) is 11.2. The Hall–Kier alpha value is -6.29. The standard InChI is InChI=1S/C33H20N6O4/c40-38(41)28-3-1-15-35-32(28)23-7-11-26-27-12-8-24(33-29(39(42)43)4-2-16-36-33)20-31(27)37(30(26)19-23)25-9-5-21(6-10-25)22-13-17-34-18-14-22/h1-20H. The molecule has 43 heavy (non-hydrogen) atoms. The Morgan fingerprint density at radius 1 is 0.535 bits per heavy atom. The van der Waals surface area contributed by atoms with Gasteiger partial charge in [0.05, 0.1) is 20.9 Å². The molecular weight excluding hydrogens is 544 g/mol. The number of benzene rings is 3. The van der Waals surface area contributed by atoms with Crippen LogP contribution in [0, 0.1) is 20.2 Å². The number of pyridine rings is 3. The second-order valence-electron chi connectivity index (χ2n) is 9.84. The molecule has 0 bridgehead atoms. The lowest BCUT2D eigenvalue weighted by molar-refractivity contribution is -0.384. The van der Waals surface area contributed by atoms with E-state index in [2.05, 4.69) is 19.5 Å². The molecule has 0 saturated heterocycles. The van der Waals surface area contributed by atoms with Crippen molar-refractivity contribution in [2.24, 2.45) is 0 Å². The molecule has 3 aromatic carbocycles. The van der Waals surface area contributed by atoms with Gasteiger partial charge in [-0.05, 0) is 59.7 Å². The van der Waals surface area contributed by atoms with Gasteiger partial charge in [-0.1, -0.05) is 36.4 Å². The highest BCUT2D eigenvalue weighted by atomic mass is 16.6. The lowest BCUT2D eigenvalue weighted by Crippen LogP contribution is -1.97. The maximum Gasteiger partial charge on any atom is 0.295 e. The topological polar surface area (TPSA) is 130 Å². The summed E-state index contributed by atoms with van der Waals surface area (Å²) in [6, 6.07) is 29.2. The van der Waals surface area contributed by atoms with Crippen LogP contribution in [0.15, 0.2) is 122 Å². The van der Waals surface area contributed by atoms with Crippen LogP contribution in [0.4, 0.5) is 11.4 Å². The van der Waals surface area contributed by atoms with Crippen LogP contribution in [0.25, 0.3) is 61.1 Å². The SMILES string of the molecule is O=[N+]([O-])c1cccnc1-c1ccc2c3ccc(-c4ncccc4[N+](=O)[O-])cc3n(-c3ccc(-c4ccncc4)cc3)c2c1. The fourth-order valence-electron chi connectivity index (χ4n) is 5.47. The Balaban J connectivity index is 1.49. The summed E-state index contributed by atoms with van der Waals surface area (Å²) in [5.41, 5.74) is 6.04. The summed E-state index contributed by atoms with van der Waals surface area (Å²) < 4.78 is 2.05. The van der Waals surface area contributed by atoms with Crippen molar-refractivity contribution >= 4 is 33.2 Å². The minimum atomic E-state index is -0.439. The van der Waals surface area contributed by atoms with Crippen molar-refractivity contribution in [3.8, 4) is 39.3 Å². The zero-order valence-corrected chi connectivity index (χ0v) is 22.4. The summed E-state index contributed by atoms with van der Waals surface area (Å²) >= 11 is 0. The molecule has 0 saturated carbocycles. The molecule has 0 aliphatic rings. The first-order valence-corrected chi connectivity index (χ1v) is 13.3. The van der Waals surface area contributed by atoms with Gasteiger partial charge in [0.25, 0.3) is 11.4 Å². The molecule has 0 spiro atoms. The quantitative estimate of drug-likeness (QED) is 0.149. The molecule has 0 radical (unpaired) electrons. The van der Waals surface area contributed by atoms with E-state index in [4.69, 9.17) is 0 Å². The molecule has 206 valence electrons. The predicted octanol–water partition coefficient (Wildman–Crippen LogP) is 7.79. The van der Waals surface area contributed by atoms with Crippen molar-refractivity contribution in [2.75, 3.05) is 0 Å². The summed E-state index contributed by atoms with van der Waals surface area (Å²) in [6.07, 6.45) is 6.55. The number of aromatic nitrogens is 4. The van der Waals surface area contributed by atoms with E-state index in [1.54, 1.807) is 24.5 Å². The van der Waals surface area contributed by atoms with Crippen LogP contribution in [0.1, 0.15) is 0 Å². The summed E-state index contributed by atoms with van der Waals surface area (Å²) in [4.78, 5) is 35.5. The minimum Gasteiger partial charge on any atom is -0.309 e. The molecule has 0 atom stereocenters. The molecule has 0 aliphatic heterocycles. The average molecular weight is 565 g/mol. The van der Waals surface area contributed by atoms with Gasteiger partial charge in [0.2, 0.25) is 0 Å². The first-order valence-electron chi connectivity index (χ1n) is 13.3. The number of rotatable bonds is 6. The lowest BCUT2D eigenvalue weighted by atomic mass is 10.0. The molecule has 0 amide bonds. The van der Waals surface area contributed by atoms with Gasteiger partial charge < -0.3 is 4.57 Å². The van der Waals surface area contributed by atoms with Crippen molar-refractivity contribution in [3.63, 3.8) is 0 Å². The van der Waals surface area contributed by atoms with Gasteiger partial charge in [-0.2, -0.15) is 0 Å². The van der Waals surface area contributed by atoms with E-state index in [0.29, 0.717) is 11.1 Å². The Labute approximate surface area is 243 Å². The fourth-order valence-corrected chi connectivity index (χ4v) is 5.47. The fraction of sp³-hybridized carbons (Fsp3) is 0. The van der Waals surface area contributed by atoms with Crippen molar-refractivity contribution in [1.82, 2.24) is 19.5 Å². The maximum absolute atomic E-state index is 11.8. The molecule has 0 aliphatic carbocycles. The second-order valence-corrected chi connectivity index (χ2v) is 9.84. The Morgan fingerprint density at radius 2 is 1.00 bits per heavy atom. The lowest BCUT2D eigenvalue weighted by Gasteiger charge is -2.11. The predicted molar refractivity (Wildman–Crippen MR) is 164 cm³/mol. The number of nitrogens with zero attached hydrogens (tertiary/aromatic N) is 6. The molecule has 7 aromatic rings. The summed E-state index contributed by atoms with van der Waals surface area (Å²) in [7, 11) is 0. The van der Waals surface area contributed by atoms with Gasteiger partial charge in [-0.15, -0.1) is 0 Å². The number of hydrogen-bond donors (Lipinski definition) is 0. The van der Waals surface area contributed by atoms with Crippen molar-refractivity contribution in [2.45, 2.75) is 0 Å².